The molecule has 92 valence electrons. The van der Waals surface area contributed by atoms with Crippen molar-refractivity contribution in [3.05, 3.63) is 39.9 Å². The van der Waals surface area contributed by atoms with E-state index in [0.717, 1.165) is 0 Å². The van der Waals surface area contributed by atoms with Gasteiger partial charge in [0.1, 0.15) is 6.61 Å². The Bertz CT molecular complexity index is 434. The minimum Gasteiger partial charge on any atom is -0.368 e. The zero-order chi connectivity index (χ0) is 13.1. The molecule has 5 nitrogen and oxygen atoms in total. The number of nitro groups is 1. The molecule has 0 spiro atoms. The van der Waals surface area contributed by atoms with Gasteiger partial charge in [0.2, 0.25) is 0 Å². The van der Waals surface area contributed by atoms with Gasteiger partial charge in [0, 0.05) is 17.7 Å². The molecule has 0 unspecified atom stereocenters. The topological polar surface area (TPSA) is 69.4 Å². The second kappa shape index (κ2) is 5.05. The van der Waals surface area contributed by atoms with Gasteiger partial charge in [-0.05, 0) is 20.8 Å². The van der Waals surface area contributed by atoms with E-state index in [1.165, 1.54) is 18.2 Å². The largest absolute Gasteiger partial charge is 0.368 e. The standard InChI is InChI=1S/C12H15NO4/c1-12(2,3)17-8-11(14)9-5-4-6-10(7-9)13(15)16/h4-7H,8H2,1-3H3. The van der Waals surface area contributed by atoms with Gasteiger partial charge in [0.25, 0.3) is 5.69 Å². The van der Waals surface area contributed by atoms with Gasteiger partial charge in [-0.3, -0.25) is 14.9 Å². The van der Waals surface area contributed by atoms with Crippen molar-refractivity contribution in [3.63, 3.8) is 0 Å². The number of carbonyl (C=O) groups is 1. The van der Waals surface area contributed by atoms with Gasteiger partial charge in [-0.15, -0.1) is 0 Å². The molecule has 0 amide bonds. The van der Waals surface area contributed by atoms with Crippen LogP contribution in [0.25, 0.3) is 0 Å². The summed E-state index contributed by atoms with van der Waals surface area (Å²) in [4.78, 5) is 21.7. The summed E-state index contributed by atoms with van der Waals surface area (Å²) in [6, 6.07) is 5.64. The first-order valence-electron chi connectivity index (χ1n) is 5.21. The molecule has 0 atom stereocenters. The zero-order valence-corrected chi connectivity index (χ0v) is 10.1. The first-order chi connectivity index (χ1) is 7.79. The number of hydrogen-bond donors (Lipinski definition) is 0. The van der Waals surface area contributed by atoms with Crippen LogP contribution in [0, 0.1) is 10.1 Å². The number of rotatable bonds is 4. The fraction of sp³-hybridized carbons (Fsp3) is 0.417. The van der Waals surface area contributed by atoms with Crippen molar-refractivity contribution in [1.82, 2.24) is 0 Å². The zero-order valence-electron chi connectivity index (χ0n) is 10.1. The normalized spacial score (nSPS) is 11.2. The summed E-state index contributed by atoms with van der Waals surface area (Å²) >= 11 is 0. The number of ether oxygens (including phenoxy) is 1. The van der Waals surface area contributed by atoms with Gasteiger partial charge < -0.3 is 4.74 Å². The molecule has 0 saturated carbocycles. The fourth-order valence-electron chi connectivity index (χ4n) is 1.16. The van der Waals surface area contributed by atoms with E-state index >= 15 is 0 Å². The number of carbonyl (C=O) groups excluding carboxylic acids is 1. The Balaban J connectivity index is 2.76. The number of ketones is 1. The van der Waals surface area contributed by atoms with Crippen LogP contribution in [0.5, 0.6) is 0 Å². The Hall–Kier alpha value is -1.75. The SMILES string of the molecule is CC(C)(C)OCC(=O)c1cccc([N+](=O)[O-])c1. The van der Waals surface area contributed by atoms with Crippen LogP contribution in [0.4, 0.5) is 5.69 Å². The minimum atomic E-state index is -0.526. The molecule has 1 aromatic rings. The van der Waals surface area contributed by atoms with Crippen LogP contribution in [-0.4, -0.2) is 22.9 Å². The highest BCUT2D eigenvalue weighted by Gasteiger charge is 2.16. The summed E-state index contributed by atoms with van der Waals surface area (Å²) in [5.41, 5.74) is -0.203. The minimum absolute atomic E-state index is 0.0787. The van der Waals surface area contributed by atoms with Crippen LogP contribution in [0.3, 0.4) is 0 Å². The summed E-state index contributed by atoms with van der Waals surface area (Å²) in [5, 5.41) is 10.6. The molecule has 0 bridgehead atoms. The van der Waals surface area contributed by atoms with Crippen LogP contribution >= 0.6 is 0 Å². The lowest BCUT2D eigenvalue weighted by molar-refractivity contribution is -0.384. The third kappa shape index (κ3) is 4.32. The number of nitro benzene ring substituents is 1. The Morgan fingerprint density at radius 1 is 1.41 bits per heavy atom. The molecule has 0 saturated heterocycles. The van der Waals surface area contributed by atoms with E-state index in [1.807, 2.05) is 20.8 Å². The molecule has 17 heavy (non-hydrogen) atoms. The Labute approximate surface area is 99.5 Å². The first kappa shape index (κ1) is 13.3. The van der Waals surface area contributed by atoms with Gasteiger partial charge in [0.15, 0.2) is 5.78 Å². The maximum absolute atomic E-state index is 11.7. The van der Waals surface area contributed by atoms with E-state index in [4.69, 9.17) is 4.74 Å². The van der Waals surface area contributed by atoms with Crippen LogP contribution in [0.15, 0.2) is 24.3 Å². The molecule has 0 radical (unpaired) electrons. The third-order valence-electron chi connectivity index (χ3n) is 2.02. The average molecular weight is 237 g/mol. The number of hydrogen-bond acceptors (Lipinski definition) is 4. The predicted octanol–water partition coefficient (Wildman–Crippen LogP) is 2.59. The summed E-state index contributed by atoms with van der Waals surface area (Å²) < 4.78 is 5.33. The number of benzene rings is 1. The molecule has 0 aromatic heterocycles. The molecule has 0 fully saturated rings. The molecule has 0 heterocycles. The first-order valence-corrected chi connectivity index (χ1v) is 5.21. The van der Waals surface area contributed by atoms with E-state index < -0.39 is 10.5 Å². The second-order valence-electron chi connectivity index (χ2n) is 4.63. The number of nitrogens with zero attached hydrogens (tertiary/aromatic N) is 1. The summed E-state index contributed by atoms with van der Waals surface area (Å²) in [7, 11) is 0. The van der Waals surface area contributed by atoms with Crippen LogP contribution < -0.4 is 0 Å². The van der Waals surface area contributed by atoms with Crippen LogP contribution in [-0.2, 0) is 4.74 Å². The molecule has 1 rings (SSSR count). The highest BCUT2D eigenvalue weighted by molar-refractivity contribution is 5.97. The van der Waals surface area contributed by atoms with E-state index in [2.05, 4.69) is 0 Å². The van der Waals surface area contributed by atoms with Gasteiger partial charge in [-0.1, -0.05) is 12.1 Å². The van der Waals surface area contributed by atoms with E-state index in [0.29, 0.717) is 5.56 Å². The van der Waals surface area contributed by atoms with Gasteiger partial charge in [-0.2, -0.15) is 0 Å². The molecule has 5 heteroatoms. The van der Waals surface area contributed by atoms with Gasteiger partial charge in [-0.25, -0.2) is 0 Å². The van der Waals surface area contributed by atoms with Gasteiger partial charge >= 0.3 is 0 Å². The van der Waals surface area contributed by atoms with Crippen molar-refractivity contribution in [2.45, 2.75) is 26.4 Å². The second-order valence-corrected chi connectivity index (χ2v) is 4.63. The highest BCUT2D eigenvalue weighted by Crippen LogP contribution is 2.14. The van der Waals surface area contributed by atoms with Crippen LogP contribution in [0.1, 0.15) is 31.1 Å². The van der Waals surface area contributed by atoms with Crippen molar-refractivity contribution in [1.29, 1.82) is 0 Å². The molecule has 0 N–H and O–H groups in total. The van der Waals surface area contributed by atoms with Crippen molar-refractivity contribution in [2.75, 3.05) is 6.61 Å². The lowest BCUT2D eigenvalue weighted by Gasteiger charge is -2.18. The lowest BCUT2D eigenvalue weighted by Crippen LogP contribution is -2.23. The van der Waals surface area contributed by atoms with Crippen molar-refractivity contribution >= 4 is 11.5 Å². The Kier molecular flexibility index (Phi) is 3.96. The van der Waals surface area contributed by atoms with Gasteiger partial charge in [0.05, 0.1) is 10.5 Å². The van der Waals surface area contributed by atoms with Crippen LogP contribution in [0.2, 0.25) is 0 Å². The molecule has 1 aromatic carbocycles. The van der Waals surface area contributed by atoms with E-state index in [-0.39, 0.29) is 18.1 Å². The Morgan fingerprint density at radius 2 is 2.06 bits per heavy atom. The summed E-state index contributed by atoms with van der Waals surface area (Å²) in [6.45, 7) is 5.44. The van der Waals surface area contributed by atoms with Crippen molar-refractivity contribution < 1.29 is 14.5 Å². The smallest absolute Gasteiger partial charge is 0.270 e. The fourth-order valence-corrected chi connectivity index (χ4v) is 1.16. The number of Topliss-reactive ketones (excluding diaryl/α,β-unsaturated/α-hetero) is 1. The predicted molar refractivity (Wildman–Crippen MR) is 63.1 cm³/mol. The van der Waals surface area contributed by atoms with E-state index in [1.54, 1.807) is 6.07 Å². The van der Waals surface area contributed by atoms with E-state index in [9.17, 15) is 14.9 Å². The number of non-ortho nitro benzene ring substituents is 1. The van der Waals surface area contributed by atoms with Crippen molar-refractivity contribution in [3.8, 4) is 0 Å². The molecule has 0 aliphatic carbocycles. The summed E-state index contributed by atoms with van der Waals surface area (Å²) in [6.07, 6.45) is 0. The quantitative estimate of drug-likeness (QED) is 0.458. The summed E-state index contributed by atoms with van der Waals surface area (Å²) in [5.74, 6) is -0.261. The maximum atomic E-state index is 11.7. The molecular weight excluding hydrogens is 222 g/mol. The lowest BCUT2D eigenvalue weighted by atomic mass is 10.1. The highest BCUT2D eigenvalue weighted by atomic mass is 16.6. The average Bonchev–Trinajstić information content (AvgIpc) is 2.25. The molecule has 0 aliphatic rings. The van der Waals surface area contributed by atoms with Crippen molar-refractivity contribution in [2.24, 2.45) is 0 Å². The molecule has 0 aliphatic heterocycles. The monoisotopic (exact) mass is 237 g/mol. The Morgan fingerprint density at radius 3 is 2.59 bits per heavy atom. The maximum Gasteiger partial charge on any atom is 0.270 e. The third-order valence-corrected chi connectivity index (χ3v) is 2.02. The molecular formula is C12H15NO4.